The van der Waals surface area contributed by atoms with Gasteiger partial charge in [0, 0.05) is 6.92 Å². The Kier molecular flexibility index (Phi) is 5.85. The van der Waals surface area contributed by atoms with Gasteiger partial charge in [0.25, 0.3) is 5.92 Å². The van der Waals surface area contributed by atoms with Gasteiger partial charge in [-0.3, -0.25) is 0 Å². The Bertz CT molecular complexity index is 341. The summed E-state index contributed by atoms with van der Waals surface area (Å²) in [6.07, 6.45) is 1.56. The van der Waals surface area contributed by atoms with Crippen molar-refractivity contribution in [1.29, 1.82) is 0 Å². The van der Waals surface area contributed by atoms with Crippen LogP contribution in [-0.2, 0) is 9.53 Å². The van der Waals surface area contributed by atoms with E-state index in [9.17, 15) is 13.6 Å². The summed E-state index contributed by atoms with van der Waals surface area (Å²) in [5.74, 6) is -3.77. The van der Waals surface area contributed by atoms with Gasteiger partial charge in [0.15, 0.2) is 0 Å². The Morgan fingerprint density at radius 2 is 1.94 bits per heavy atom. The van der Waals surface area contributed by atoms with E-state index in [1.165, 1.54) is 0 Å². The van der Waals surface area contributed by atoms with Gasteiger partial charge in [-0.25, -0.2) is 13.6 Å². The highest BCUT2D eigenvalue weighted by Crippen LogP contribution is 2.22. The molecule has 0 saturated heterocycles. The molecule has 0 aliphatic rings. The van der Waals surface area contributed by atoms with Gasteiger partial charge in [0.1, 0.15) is 0 Å². The van der Waals surface area contributed by atoms with Crippen molar-refractivity contribution >= 4 is 5.97 Å². The molecule has 0 amide bonds. The van der Waals surface area contributed by atoms with E-state index in [1.54, 1.807) is 13.8 Å². The number of alkyl halides is 2. The maximum atomic E-state index is 12.9. The van der Waals surface area contributed by atoms with Crippen molar-refractivity contribution in [3.05, 3.63) is 22.9 Å². The van der Waals surface area contributed by atoms with E-state index in [1.807, 2.05) is 6.92 Å². The van der Waals surface area contributed by atoms with E-state index in [0.717, 1.165) is 6.08 Å². The molecule has 0 spiro atoms. The number of nitrogens with two attached hydrogens (primary N) is 1. The number of allylic oxidation sites excluding steroid dienone is 2. The van der Waals surface area contributed by atoms with Gasteiger partial charge < -0.3 is 10.5 Å². The smallest absolute Gasteiger partial charge is 0.338 e. The Morgan fingerprint density at radius 1 is 1.41 bits per heavy atom. The van der Waals surface area contributed by atoms with Crippen LogP contribution < -0.4 is 5.73 Å². The SMILES string of the molecule is CCOC(=O)C(/C=C(\N)C(C)(F)F)=C(/C)CC. The second-order valence-corrected chi connectivity index (χ2v) is 3.76. The van der Waals surface area contributed by atoms with Crippen LogP contribution in [0.3, 0.4) is 0 Å². The van der Waals surface area contributed by atoms with Crippen molar-refractivity contribution in [3.8, 4) is 0 Å². The van der Waals surface area contributed by atoms with Crippen LogP contribution in [0, 0.1) is 0 Å². The Balaban J connectivity index is 5.32. The highest BCUT2D eigenvalue weighted by atomic mass is 19.3. The number of halogens is 2. The molecule has 0 aromatic heterocycles. The van der Waals surface area contributed by atoms with Crippen LogP contribution >= 0.6 is 0 Å². The van der Waals surface area contributed by atoms with E-state index < -0.39 is 17.6 Å². The lowest BCUT2D eigenvalue weighted by Crippen LogP contribution is -2.22. The molecule has 0 fully saturated rings. The predicted molar refractivity (Wildman–Crippen MR) is 62.5 cm³/mol. The third-order valence-corrected chi connectivity index (χ3v) is 2.29. The number of carbonyl (C=O) groups excluding carboxylic acids is 1. The van der Waals surface area contributed by atoms with Gasteiger partial charge in [-0.15, -0.1) is 0 Å². The van der Waals surface area contributed by atoms with Crippen LogP contribution in [0.1, 0.15) is 34.1 Å². The van der Waals surface area contributed by atoms with Gasteiger partial charge in [0.2, 0.25) is 0 Å². The molecule has 0 atom stereocenters. The monoisotopic (exact) mass is 247 g/mol. The zero-order chi connectivity index (χ0) is 13.6. The molecule has 0 bridgehead atoms. The van der Waals surface area contributed by atoms with Crippen molar-refractivity contribution < 1.29 is 18.3 Å². The largest absolute Gasteiger partial charge is 0.462 e. The molecule has 0 heterocycles. The van der Waals surface area contributed by atoms with Gasteiger partial charge in [0.05, 0.1) is 17.9 Å². The summed E-state index contributed by atoms with van der Waals surface area (Å²) in [5, 5.41) is 0. The molecule has 5 heteroatoms. The number of hydrogen-bond acceptors (Lipinski definition) is 3. The molecule has 0 saturated carbocycles. The second-order valence-electron chi connectivity index (χ2n) is 3.76. The highest BCUT2D eigenvalue weighted by molar-refractivity contribution is 5.92. The summed E-state index contributed by atoms with van der Waals surface area (Å²) in [5.41, 5.74) is 5.37. The summed E-state index contributed by atoms with van der Waals surface area (Å²) >= 11 is 0. The average molecular weight is 247 g/mol. The van der Waals surface area contributed by atoms with E-state index in [-0.39, 0.29) is 12.2 Å². The summed E-state index contributed by atoms with van der Waals surface area (Å²) in [7, 11) is 0. The van der Waals surface area contributed by atoms with Gasteiger partial charge in [-0.05, 0) is 26.3 Å². The van der Waals surface area contributed by atoms with Gasteiger partial charge in [-0.1, -0.05) is 12.5 Å². The molecule has 2 N–H and O–H groups in total. The van der Waals surface area contributed by atoms with Crippen molar-refractivity contribution in [1.82, 2.24) is 0 Å². The normalized spacial score (nSPS) is 14.4. The standard InChI is InChI=1S/C12H19F2NO2/c1-5-8(3)9(11(16)17-6-2)7-10(15)12(4,13)14/h7H,5-6,15H2,1-4H3/b9-8-,10-7-. The molecule has 0 aromatic carbocycles. The first-order chi connectivity index (χ1) is 7.73. The molecule has 3 nitrogen and oxygen atoms in total. The van der Waals surface area contributed by atoms with Crippen molar-refractivity contribution in [2.45, 2.75) is 40.0 Å². The fourth-order valence-corrected chi connectivity index (χ4v) is 1.04. The number of rotatable bonds is 5. The van der Waals surface area contributed by atoms with E-state index in [0.29, 0.717) is 18.9 Å². The molecule has 0 unspecified atom stereocenters. The summed E-state index contributed by atoms with van der Waals surface area (Å²) < 4.78 is 30.6. The average Bonchev–Trinajstić information content (AvgIpc) is 2.23. The topological polar surface area (TPSA) is 52.3 Å². The van der Waals surface area contributed by atoms with Crippen LogP contribution in [0.15, 0.2) is 22.9 Å². The minimum atomic E-state index is -3.15. The van der Waals surface area contributed by atoms with Crippen LogP contribution in [-0.4, -0.2) is 18.5 Å². The molecular weight excluding hydrogens is 228 g/mol. The van der Waals surface area contributed by atoms with E-state index in [4.69, 9.17) is 10.5 Å². The minimum Gasteiger partial charge on any atom is -0.462 e. The lowest BCUT2D eigenvalue weighted by Gasteiger charge is -2.12. The first-order valence-electron chi connectivity index (χ1n) is 5.46. The van der Waals surface area contributed by atoms with Crippen molar-refractivity contribution in [3.63, 3.8) is 0 Å². The fourth-order valence-electron chi connectivity index (χ4n) is 1.04. The summed E-state index contributed by atoms with van der Waals surface area (Å²) in [6, 6.07) is 0. The number of ether oxygens (including phenoxy) is 1. The Labute approximate surface area is 100 Å². The third kappa shape index (κ3) is 4.97. The molecular formula is C12H19F2NO2. The van der Waals surface area contributed by atoms with Crippen molar-refractivity contribution in [2.75, 3.05) is 6.61 Å². The highest BCUT2D eigenvalue weighted by Gasteiger charge is 2.26. The Hall–Kier alpha value is -1.39. The van der Waals surface area contributed by atoms with Crippen LogP contribution in [0.25, 0.3) is 0 Å². The summed E-state index contributed by atoms with van der Waals surface area (Å²) in [6.45, 7) is 6.03. The first kappa shape index (κ1) is 15.6. The quantitative estimate of drug-likeness (QED) is 0.461. The lowest BCUT2D eigenvalue weighted by molar-refractivity contribution is -0.138. The predicted octanol–water partition coefficient (Wildman–Crippen LogP) is 2.77. The number of esters is 1. The molecule has 0 aromatic rings. The van der Waals surface area contributed by atoms with E-state index >= 15 is 0 Å². The maximum Gasteiger partial charge on any atom is 0.338 e. The fraction of sp³-hybridized carbons (Fsp3) is 0.583. The van der Waals surface area contributed by atoms with Crippen LogP contribution in [0.2, 0.25) is 0 Å². The first-order valence-corrected chi connectivity index (χ1v) is 5.46. The molecule has 0 rings (SSSR count). The minimum absolute atomic E-state index is 0.105. The molecule has 98 valence electrons. The molecule has 0 aliphatic carbocycles. The Morgan fingerprint density at radius 3 is 2.29 bits per heavy atom. The zero-order valence-electron chi connectivity index (χ0n) is 10.6. The molecule has 17 heavy (non-hydrogen) atoms. The van der Waals surface area contributed by atoms with Crippen LogP contribution in [0.5, 0.6) is 0 Å². The lowest BCUT2D eigenvalue weighted by atomic mass is 10.1. The zero-order valence-corrected chi connectivity index (χ0v) is 10.6. The van der Waals surface area contributed by atoms with Gasteiger partial charge >= 0.3 is 5.97 Å². The molecule has 0 radical (unpaired) electrons. The summed E-state index contributed by atoms with van der Waals surface area (Å²) in [4.78, 5) is 11.6. The van der Waals surface area contributed by atoms with E-state index in [2.05, 4.69) is 0 Å². The second kappa shape index (κ2) is 6.37. The number of hydrogen-bond donors (Lipinski definition) is 1. The van der Waals surface area contributed by atoms with Crippen molar-refractivity contribution in [2.24, 2.45) is 5.73 Å². The van der Waals surface area contributed by atoms with Crippen LogP contribution in [0.4, 0.5) is 8.78 Å². The maximum absolute atomic E-state index is 12.9. The number of carbonyl (C=O) groups is 1. The van der Waals surface area contributed by atoms with Gasteiger partial charge in [-0.2, -0.15) is 0 Å². The molecule has 0 aliphatic heterocycles. The third-order valence-electron chi connectivity index (χ3n) is 2.29.